The largest absolute Gasteiger partial charge is 0.339 e. The summed E-state index contributed by atoms with van der Waals surface area (Å²) in [6, 6.07) is 5.66. The Bertz CT molecular complexity index is 827. The lowest BCUT2D eigenvalue weighted by molar-refractivity contribution is -0.134. The first-order valence-electron chi connectivity index (χ1n) is 10.2. The van der Waals surface area contributed by atoms with Crippen LogP contribution in [0.15, 0.2) is 29.2 Å². The Morgan fingerprint density at radius 2 is 1.62 bits per heavy atom. The standard InChI is InChI=1S/C20H30N4O4S/c1-15(20(26)24-13-11-23(12-14-24)18-5-3-4-6-18)22-29(27,28)19-9-7-17(8-10-19)21-16(2)25/h7-10,15,18,22H,3-6,11-14H2,1-2H3,(H,21,25)/t15-/m0/s1. The second-order valence-corrected chi connectivity index (χ2v) is 9.56. The van der Waals surface area contributed by atoms with Gasteiger partial charge in [-0.05, 0) is 44.0 Å². The quantitative estimate of drug-likeness (QED) is 0.722. The summed E-state index contributed by atoms with van der Waals surface area (Å²) in [5.41, 5.74) is 0.515. The molecule has 0 bridgehead atoms. The number of carbonyl (C=O) groups is 2. The minimum atomic E-state index is -3.83. The summed E-state index contributed by atoms with van der Waals surface area (Å²) in [6.45, 7) is 5.92. The maximum Gasteiger partial charge on any atom is 0.241 e. The van der Waals surface area contributed by atoms with E-state index in [0.717, 1.165) is 13.1 Å². The molecule has 2 amide bonds. The lowest BCUT2D eigenvalue weighted by Crippen LogP contribution is -2.55. The molecule has 8 nitrogen and oxygen atoms in total. The van der Waals surface area contributed by atoms with Crippen LogP contribution < -0.4 is 10.0 Å². The Hall–Kier alpha value is -1.97. The van der Waals surface area contributed by atoms with E-state index >= 15 is 0 Å². The molecular weight excluding hydrogens is 392 g/mol. The molecule has 0 spiro atoms. The maximum atomic E-state index is 12.7. The van der Waals surface area contributed by atoms with Crippen LogP contribution in [0.25, 0.3) is 0 Å². The maximum absolute atomic E-state index is 12.7. The molecule has 1 aliphatic carbocycles. The summed E-state index contributed by atoms with van der Waals surface area (Å²) >= 11 is 0. The van der Waals surface area contributed by atoms with Crippen molar-refractivity contribution >= 4 is 27.5 Å². The highest BCUT2D eigenvalue weighted by Crippen LogP contribution is 2.24. The molecule has 1 aromatic carbocycles. The molecule has 1 saturated carbocycles. The zero-order chi connectivity index (χ0) is 21.0. The number of nitrogens with one attached hydrogen (secondary N) is 2. The van der Waals surface area contributed by atoms with Crippen LogP contribution in [-0.2, 0) is 19.6 Å². The van der Waals surface area contributed by atoms with Crippen molar-refractivity contribution in [3.05, 3.63) is 24.3 Å². The molecular formula is C20H30N4O4S. The molecule has 160 valence electrons. The van der Waals surface area contributed by atoms with E-state index in [9.17, 15) is 18.0 Å². The van der Waals surface area contributed by atoms with E-state index in [0.29, 0.717) is 24.8 Å². The van der Waals surface area contributed by atoms with E-state index in [1.54, 1.807) is 11.8 Å². The van der Waals surface area contributed by atoms with Crippen LogP contribution in [0, 0.1) is 0 Å². The third kappa shape index (κ3) is 5.55. The van der Waals surface area contributed by atoms with Gasteiger partial charge in [-0.2, -0.15) is 4.72 Å². The molecule has 2 fully saturated rings. The SMILES string of the molecule is CC(=O)Nc1ccc(S(=O)(=O)N[C@@H](C)C(=O)N2CCN(C3CCCC3)CC2)cc1. The second-order valence-electron chi connectivity index (χ2n) is 7.85. The van der Waals surface area contributed by atoms with E-state index in [1.807, 2.05) is 0 Å². The van der Waals surface area contributed by atoms with Crippen LogP contribution in [0.3, 0.4) is 0 Å². The molecule has 1 saturated heterocycles. The van der Waals surface area contributed by atoms with Crippen LogP contribution in [0.4, 0.5) is 5.69 Å². The van der Waals surface area contributed by atoms with Crippen LogP contribution in [-0.4, -0.2) is 68.3 Å². The highest BCUT2D eigenvalue weighted by molar-refractivity contribution is 7.89. The van der Waals surface area contributed by atoms with Gasteiger partial charge in [0.2, 0.25) is 21.8 Å². The summed E-state index contributed by atoms with van der Waals surface area (Å²) in [6.07, 6.45) is 5.05. The fraction of sp³-hybridized carbons (Fsp3) is 0.600. The lowest BCUT2D eigenvalue weighted by atomic mass is 10.1. The van der Waals surface area contributed by atoms with Crippen molar-refractivity contribution in [3.63, 3.8) is 0 Å². The summed E-state index contributed by atoms with van der Waals surface area (Å²) in [7, 11) is -3.83. The average Bonchev–Trinajstić information content (AvgIpc) is 3.22. The fourth-order valence-corrected chi connectivity index (χ4v) is 5.32. The average molecular weight is 423 g/mol. The lowest BCUT2D eigenvalue weighted by Gasteiger charge is -2.38. The molecule has 0 radical (unpaired) electrons. The van der Waals surface area contributed by atoms with E-state index in [1.165, 1.54) is 56.9 Å². The Morgan fingerprint density at radius 1 is 1.03 bits per heavy atom. The Kier molecular flexibility index (Phi) is 6.92. The zero-order valence-electron chi connectivity index (χ0n) is 17.1. The van der Waals surface area contributed by atoms with Gasteiger partial charge in [0, 0.05) is 44.8 Å². The first kappa shape index (κ1) is 21.7. The molecule has 0 aromatic heterocycles. The van der Waals surface area contributed by atoms with E-state index in [2.05, 4.69) is 14.9 Å². The highest BCUT2D eigenvalue weighted by Gasteiger charge is 2.31. The predicted octanol–water partition coefficient (Wildman–Crippen LogP) is 1.40. The number of carbonyl (C=O) groups excluding carboxylic acids is 2. The van der Waals surface area contributed by atoms with Gasteiger partial charge in [-0.15, -0.1) is 0 Å². The Labute approximate surface area is 172 Å². The number of anilines is 1. The van der Waals surface area contributed by atoms with Gasteiger partial charge in [0.25, 0.3) is 0 Å². The molecule has 2 aliphatic rings. The van der Waals surface area contributed by atoms with Crippen LogP contribution in [0.1, 0.15) is 39.5 Å². The fourth-order valence-electron chi connectivity index (χ4n) is 4.12. The van der Waals surface area contributed by atoms with Crippen molar-refractivity contribution < 1.29 is 18.0 Å². The number of amides is 2. The molecule has 1 heterocycles. The van der Waals surface area contributed by atoms with Crippen LogP contribution in [0.5, 0.6) is 0 Å². The van der Waals surface area contributed by atoms with Crippen molar-refractivity contribution in [2.45, 2.75) is 56.5 Å². The number of piperazine rings is 1. The number of rotatable bonds is 6. The molecule has 1 aromatic rings. The summed E-state index contributed by atoms with van der Waals surface area (Å²) in [5, 5.41) is 2.59. The number of nitrogens with zero attached hydrogens (tertiary/aromatic N) is 2. The third-order valence-electron chi connectivity index (χ3n) is 5.65. The van der Waals surface area contributed by atoms with Crippen molar-refractivity contribution in [2.75, 3.05) is 31.5 Å². The van der Waals surface area contributed by atoms with Gasteiger partial charge in [-0.1, -0.05) is 12.8 Å². The van der Waals surface area contributed by atoms with Gasteiger partial charge in [0.1, 0.15) is 0 Å². The monoisotopic (exact) mass is 422 g/mol. The van der Waals surface area contributed by atoms with Gasteiger partial charge in [-0.25, -0.2) is 8.42 Å². The molecule has 29 heavy (non-hydrogen) atoms. The summed E-state index contributed by atoms with van der Waals surface area (Å²) in [5.74, 6) is -0.430. The number of hydrogen-bond donors (Lipinski definition) is 2. The predicted molar refractivity (Wildman–Crippen MR) is 111 cm³/mol. The van der Waals surface area contributed by atoms with Crippen molar-refractivity contribution in [3.8, 4) is 0 Å². The number of hydrogen-bond acceptors (Lipinski definition) is 5. The van der Waals surface area contributed by atoms with Crippen molar-refractivity contribution in [1.82, 2.24) is 14.5 Å². The van der Waals surface area contributed by atoms with E-state index in [-0.39, 0.29) is 16.7 Å². The molecule has 2 N–H and O–H groups in total. The highest BCUT2D eigenvalue weighted by atomic mass is 32.2. The number of benzene rings is 1. The van der Waals surface area contributed by atoms with Gasteiger partial charge in [-0.3, -0.25) is 14.5 Å². The Balaban J connectivity index is 1.55. The smallest absolute Gasteiger partial charge is 0.241 e. The van der Waals surface area contributed by atoms with Crippen LogP contribution in [0.2, 0.25) is 0 Å². The minimum absolute atomic E-state index is 0.0531. The number of sulfonamides is 1. The minimum Gasteiger partial charge on any atom is -0.339 e. The zero-order valence-corrected chi connectivity index (χ0v) is 17.9. The summed E-state index contributed by atoms with van der Waals surface area (Å²) in [4.78, 5) is 28.1. The van der Waals surface area contributed by atoms with Gasteiger partial charge >= 0.3 is 0 Å². The summed E-state index contributed by atoms with van der Waals surface area (Å²) < 4.78 is 27.7. The molecule has 9 heteroatoms. The first-order chi connectivity index (χ1) is 13.8. The Morgan fingerprint density at radius 3 is 2.17 bits per heavy atom. The van der Waals surface area contributed by atoms with Gasteiger partial charge in [0.15, 0.2) is 0 Å². The molecule has 0 unspecified atom stereocenters. The van der Waals surface area contributed by atoms with E-state index in [4.69, 9.17) is 0 Å². The van der Waals surface area contributed by atoms with Crippen LogP contribution >= 0.6 is 0 Å². The van der Waals surface area contributed by atoms with Gasteiger partial charge < -0.3 is 10.2 Å². The van der Waals surface area contributed by atoms with Gasteiger partial charge in [0.05, 0.1) is 10.9 Å². The molecule has 1 atom stereocenters. The second kappa shape index (κ2) is 9.23. The van der Waals surface area contributed by atoms with Crippen molar-refractivity contribution in [2.24, 2.45) is 0 Å². The molecule has 1 aliphatic heterocycles. The first-order valence-corrected chi connectivity index (χ1v) is 11.7. The topological polar surface area (TPSA) is 98.8 Å². The van der Waals surface area contributed by atoms with Crippen molar-refractivity contribution in [1.29, 1.82) is 0 Å². The third-order valence-corrected chi connectivity index (χ3v) is 7.21. The molecule has 3 rings (SSSR count). The van der Waals surface area contributed by atoms with E-state index < -0.39 is 16.1 Å². The normalized spacial score (nSPS) is 19.9.